The quantitative estimate of drug-likeness (QED) is 0.504. The molecule has 0 spiro atoms. The second-order valence-corrected chi connectivity index (χ2v) is 7.65. The first-order valence-corrected chi connectivity index (χ1v) is 10.4. The lowest BCUT2D eigenvalue weighted by atomic mass is 10.1. The predicted molar refractivity (Wildman–Crippen MR) is 119 cm³/mol. The smallest absolute Gasteiger partial charge is 0.274 e. The standard InChI is InChI=1S/C24H22N6O/c1-2-19-7-6-18(14-26-19)16-10-11-25-22(13-16)24(31)28-20-5-3-4-17(12-20)23-29-27-15-30(23)21-8-9-21/h3-7,10-15,21H,2,8-9H2,1H3,(H,28,31). The van der Waals surface area contributed by atoms with Crippen LogP contribution in [0.3, 0.4) is 0 Å². The highest BCUT2D eigenvalue weighted by Crippen LogP contribution is 2.37. The molecule has 31 heavy (non-hydrogen) atoms. The molecule has 1 saturated carbocycles. The molecule has 1 N–H and O–H groups in total. The van der Waals surface area contributed by atoms with Gasteiger partial charge in [0.05, 0.1) is 0 Å². The molecule has 1 aromatic carbocycles. The Labute approximate surface area is 180 Å². The van der Waals surface area contributed by atoms with Crippen LogP contribution >= 0.6 is 0 Å². The highest BCUT2D eigenvalue weighted by molar-refractivity contribution is 6.03. The van der Waals surface area contributed by atoms with Crippen molar-refractivity contribution in [1.82, 2.24) is 24.7 Å². The molecule has 154 valence electrons. The molecular weight excluding hydrogens is 388 g/mol. The molecule has 1 aliphatic carbocycles. The summed E-state index contributed by atoms with van der Waals surface area (Å²) >= 11 is 0. The van der Waals surface area contributed by atoms with Crippen LogP contribution in [0.4, 0.5) is 5.69 Å². The van der Waals surface area contributed by atoms with Crippen LogP contribution in [-0.4, -0.2) is 30.6 Å². The maximum absolute atomic E-state index is 12.9. The largest absolute Gasteiger partial charge is 0.321 e. The van der Waals surface area contributed by atoms with Gasteiger partial charge in [0.2, 0.25) is 0 Å². The van der Waals surface area contributed by atoms with Crippen molar-refractivity contribution in [3.63, 3.8) is 0 Å². The number of aryl methyl sites for hydroxylation is 1. The van der Waals surface area contributed by atoms with E-state index in [1.54, 1.807) is 18.6 Å². The Hall–Kier alpha value is -3.87. The number of anilines is 1. The number of benzene rings is 1. The van der Waals surface area contributed by atoms with Crippen molar-refractivity contribution in [3.05, 3.63) is 78.6 Å². The van der Waals surface area contributed by atoms with Crippen LogP contribution in [0.15, 0.2) is 67.3 Å². The molecule has 3 heterocycles. The number of carbonyl (C=O) groups excluding carboxylic acids is 1. The van der Waals surface area contributed by atoms with Crippen molar-refractivity contribution in [2.75, 3.05) is 5.32 Å². The minimum atomic E-state index is -0.263. The zero-order valence-electron chi connectivity index (χ0n) is 17.2. The number of carbonyl (C=O) groups is 1. The highest BCUT2D eigenvalue weighted by atomic mass is 16.1. The lowest BCUT2D eigenvalue weighted by Crippen LogP contribution is -2.13. The fourth-order valence-electron chi connectivity index (χ4n) is 3.54. The van der Waals surface area contributed by atoms with Gasteiger partial charge in [0, 0.05) is 40.9 Å². The Morgan fingerprint density at radius 1 is 1.06 bits per heavy atom. The first-order chi connectivity index (χ1) is 15.2. The molecule has 0 radical (unpaired) electrons. The van der Waals surface area contributed by atoms with Gasteiger partial charge in [0.25, 0.3) is 5.91 Å². The maximum atomic E-state index is 12.9. The van der Waals surface area contributed by atoms with E-state index in [9.17, 15) is 4.79 Å². The van der Waals surface area contributed by atoms with E-state index in [1.165, 1.54) is 0 Å². The first kappa shape index (κ1) is 19.1. The van der Waals surface area contributed by atoms with Crippen LogP contribution in [-0.2, 0) is 6.42 Å². The van der Waals surface area contributed by atoms with Gasteiger partial charge in [-0.2, -0.15) is 0 Å². The fourth-order valence-corrected chi connectivity index (χ4v) is 3.54. The van der Waals surface area contributed by atoms with E-state index in [1.807, 2.05) is 48.7 Å². The minimum absolute atomic E-state index is 0.263. The zero-order chi connectivity index (χ0) is 21.2. The maximum Gasteiger partial charge on any atom is 0.274 e. The number of nitrogens with zero attached hydrogens (tertiary/aromatic N) is 5. The SMILES string of the molecule is CCc1ccc(-c2ccnc(C(=O)Nc3cccc(-c4nncn4C4CC4)c3)c2)cn1. The lowest BCUT2D eigenvalue weighted by molar-refractivity contribution is 0.102. The summed E-state index contributed by atoms with van der Waals surface area (Å²) in [7, 11) is 0. The number of pyridine rings is 2. The Morgan fingerprint density at radius 2 is 1.97 bits per heavy atom. The third-order valence-electron chi connectivity index (χ3n) is 5.40. The monoisotopic (exact) mass is 410 g/mol. The summed E-state index contributed by atoms with van der Waals surface area (Å²) in [6, 6.07) is 15.8. The van der Waals surface area contributed by atoms with E-state index >= 15 is 0 Å². The fraction of sp³-hybridized carbons (Fsp3) is 0.208. The molecule has 0 saturated heterocycles. The average molecular weight is 410 g/mol. The van der Waals surface area contributed by atoms with Crippen molar-refractivity contribution in [2.45, 2.75) is 32.2 Å². The molecule has 1 amide bonds. The molecular formula is C24H22N6O. The van der Waals surface area contributed by atoms with Crippen LogP contribution in [0.25, 0.3) is 22.5 Å². The molecule has 7 heteroatoms. The van der Waals surface area contributed by atoms with Crippen LogP contribution in [0, 0.1) is 0 Å². The normalized spacial score (nSPS) is 13.2. The molecule has 1 fully saturated rings. The third kappa shape index (κ3) is 4.07. The minimum Gasteiger partial charge on any atom is -0.321 e. The van der Waals surface area contributed by atoms with Crippen LogP contribution in [0.1, 0.15) is 42.0 Å². The van der Waals surface area contributed by atoms with E-state index in [0.29, 0.717) is 17.4 Å². The molecule has 7 nitrogen and oxygen atoms in total. The Morgan fingerprint density at radius 3 is 2.74 bits per heavy atom. The Bertz CT molecular complexity index is 1230. The molecule has 3 aromatic heterocycles. The molecule has 0 unspecified atom stereocenters. The van der Waals surface area contributed by atoms with Crippen LogP contribution in [0.2, 0.25) is 0 Å². The molecule has 0 atom stereocenters. The second kappa shape index (κ2) is 8.10. The van der Waals surface area contributed by atoms with E-state index in [-0.39, 0.29) is 5.91 Å². The highest BCUT2D eigenvalue weighted by Gasteiger charge is 2.26. The van der Waals surface area contributed by atoms with Gasteiger partial charge in [-0.1, -0.05) is 25.1 Å². The number of hydrogen-bond acceptors (Lipinski definition) is 5. The van der Waals surface area contributed by atoms with E-state index in [2.05, 4.69) is 37.0 Å². The van der Waals surface area contributed by atoms with Gasteiger partial charge in [-0.3, -0.25) is 14.8 Å². The Kier molecular flexibility index (Phi) is 5.00. The Balaban J connectivity index is 1.36. The summed E-state index contributed by atoms with van der Waals surface area (Å²) in [6.45, 7) is 2.07. The summed E-state index contributed by atoms with van der Waals surface area (Å²) in [6.07, 6.45) is 8.44. The van der Waals surface area contributed by atoms with Gasteiger partial charge in [0.1, 0.15) is 12.0 Å². The van der Waals surface area contributed by atoms with Gasteiger partial charge < -0.3 is 9.88 Å². The molecule has 5 rings (SSSR count). The summed E-state index contributed by atoms with van der Waals surface area (Å²) in [5.41, 5.74) is 4.86. The van der Waals surface area contributed by atoms with Crippen molar-refractivity contribution < 1.29 is 4.79 Å². The summed E-state index contributed by atoms with van der Waals surface area (Å²) < 4.78 is 2.10. The average Bonchev–Trinajstić information content (AvgIpc) is 3.55. The van der Waals surface area contributed by atoms with Gasteiger partial charge in [-0.05, 0) is 55.2 Å². The number of hydrogen-bond donors (Lipinski definition) is 1. The van der Waals surface area contributed by atoms with Gasteiger partial charge in [0.15, 0.2) is 5.82 Å². The van der Waals surface area contributed by atoms with Gasteiger partial charge in [-0.25, -0.2) is 0 Å². The van der Waals surface area contributed by atoms with E-state index in [0.717, 1.165) is 47.5 Å². The van der Waals surface area contributed by atoms with Crippen molar-refractivity contribution in [1.29, 1.82) is 0 Å². The molecule has 0 bridgehead atoms. The number of amides is 1. The van der Waals surface area contributed by atoms with E-state index < -0.39 is 0 Å². The summed E-state index contributed by atoms with van der Waals surface area (Å²) in [4.78, 5) is 21.6. The predicted octanol–water partition coefficient (Wildman–Crippen LogP) is 4.55. The topological polar surface area (TPSA) is 85.6 Å². The van der Waals surface area contributed by atoms with Crippen LogP contribution < -0.4 is 5.32 Å². The lowest BCUT2D eigenvalue weighted by Gasteiger charge is -2.09. The third-order valence-corrected chi connectivity index (χ3v) is 5.40. The van der Waals surface area contributed by atoms with Crippen molar-refractivity contribution >= 4 is 11.6 Å². The zero-order valence-corrected chi connectivity index (χ0v) is 17.2. The van der Waals surface area contributed by atoms with Crippen molar-refractivity contribution in [2.24, 2.45) is 0 Å². The van der Waals surface area contributed by atoms with E-state index in [4.69, 9.17) is 0 Å². The van der Waals surface area contributed by atoms with Crippen LogP contribution in [0.5, 0.6) is 0 Å². The second-order valence-electron chi connectivity index (χ2n) is 7.65. The number of nitrogens with one attached hydrogen (secondary N) is 1. The van der Waals surface area contributed by atoms with Gasteiger partial charge >= 0.3 is 0 Å². The first-order valence-electron chi connectivity index (χ1n) is 10.4. The number of rotatable bonds is 6. The molecule has 4 aromatic rings. The molecule has 1 aliphatic rings. The van der Waals surface area contributed by atoms with Crippen molar-refractivity contribution in [3.8, 4) is 22.5 Å². The summed E-state index contributed by atoms with van der Waals surface area (Å²) in [5, 5.41) is 11.3. The number of aromatic nitrogens is 5. The molecule has 0 aliphatic heterocycles. The summed E-state index contributed by atoms with van der Waals surface area (Å²) in [5.74, 6) is 0.558. The van der Waals surface area contributed by atoms with Gasteiger partial charge in [-0.15, -0.1) is 10.2 Å².